The highest BCUT2D eigenvalue weighted by atomic mass is 35.5. The fourth-order valence-corrected chi connectivity index (χ4v) is 2.31. The number of carbonyl (C=O) groups is 1. The Bertz CT molecular complexity index is 778. The number of hydrogen-bond acceptors (Lipinski definition) is 2. The van der Waals surface area contributed by atoms with Crippen LogP contribution in [-0.2, 0) is 6.42 Å². The molecule has 0 bridgehead atoms. The number of pyridine rings is 1. The Labute approximate surface area is 120 Å². The van der Waals surface area contributed by atoms with E-state index in [2.05, 4.69) is 9.97 Å². The molecule has 3 aromatic rings. The molecule has 100 valence electrons. The van der Waals surface area contributed by atoms with Crippen LogP contribution in [0.2, 0.25) is 5.15 Å². The topological polar surface area (TPSA) is 66.0 Å². The number of carboxylic acids is 1. The summed E-state index contributed by atoms with van der Waals surface area (Å²) in [7, 11) is 0. The highest BCUT2D eigenvalue weighted by Gasteiger charge is 2.05. The Morgan fingerprint density at radius 2 is 2.00 bits per heavy atom. The molecule has 20 heavy (non-hydrogen) atoms. The van der Waals surface area contributed by atoms with E-state index in [4.69, 9.17) is 16.7 Å². The molecule has 0 aliphatic heterocycles. The second kappa shape index (κ2) is 4.98. The summed E-state index contributed by atoms with van der Waals surface area (Å²) in [6, 6.07) is 10.7. The van der Waals surface area contributed by atoms with Crippen molar-refractivity contribution in [2.45, 2.75) is 6.42 Å². The number of H-pyrrole nitrogens is 1. The summed E-state index contributed by atoms with van der Waals surface area (Å²) in [5.74, 6) is -0.914. The van der Waals surface area contributed by atoms with E-state index in [9.17, 15) is 4.79 Å². The first-order chi connectivity index (χ1) is 9.61. The van der Waals surface area contributed by atoms with Gasteiger partial charge in [0.25, 0.3) is 0 Å². The van der Waals surface area contributed by atoms with Crippen molar-refractivity contribution in [2.75, 3.05) is 0 Å². The number of halogens is 1. The molecule has 0 saturated carbocycles. The molecule has 0 aliphatic carbocycles. The Morgan fingerprint density at radius 1 is 1.25 bits per heavy atom. The van der Waals surface area contributed by atoms with Gasteiger partial charge in [0.2, 0.25) is 0 Å². The molecule has 0 unspecified atom stereocenters. The lowest BCUT2D eigenvalue weighted by molar-refractivity contribution is 0.0697. The summed E-state index contributed by atoms with van der Waals surface area (Å²) in [5, 5.41) is 10.3. The fourth-order valence-electron chi connectivity index (χ4n) is 2.15. The summed E-state index contributed by atoms with van der Waals surface area (Å²) in [6.07, 6.45) is 2.40. The monoisotopic (exact) mass is 286 g/mol. The van der Waals surface area contributed by atoms with Gasteiger partial charge in [0.15, 0.2) is 0 Å². The molecule has 0 aliphatic rings. The van der Waals surface area contributed by atoms with Crippen LogP contribution >= 0.6 is 11.6 Å². The van der Waals surface area contributed by atoms with Crippen LogP contribution in [-0.4, -0.2) is 21.0 Å². The minimum Gasteiger partial charge on any atom is -0.478 e. The predicted molar refractivity (Wildman–Crippen MR) is 77.3 cm³/mol. The molecule has 0 spiro atoms. The quantitative estimate of drug-likeness (QED) is 0.724. The van der Waals surface area contributed by atoms with Gasteiger partial charge in [-0.25, -0.2) is 9.78 Å². The first-order valence-electron chi connectivity index (χ1n) is 6.07. The minimum atomic E-state index is -0.914. The van der Waals surface area contributed by atoms with Crippen LogP contribution in [0.1, 0.15) is 21.6 Å². The van der Waals surface area contributed by atoms with Gasteiger partial charge in [-0.3, -0.25) is 0 Å². The van der Waals surface area contributed by atoms with Gasteiger partial charge in [-0.15, -0.1) is 0 Å². The minimum absolute atomic E-state index is 0.293. The van der Waals surface area contributed by atoms with Crippen molar-refractivity contribution in [3.8, 4) is 0 Å². The van der Waals surface area contributed by atoms with E-state index < -0.39 is 5.97 Å². The van der Waals surface area contributed by atoms with Crippen LogP contribution in [0, 0.1) is 0 Å². The molecule has 4 nitrogen and oxygen atoms in total. The van der Waals surface area contributed by atoms with Gasteiger partial charge in [0.05, 0.1) is 17.3 Å². The van der Waals surface area contributed by atoms with Crippen molar-refractivity contribution in [3.63, 3.8) is 0 Å². The molecule has 0 atom stereocenters. The second-order valence-electron chi connectivity index (χ2n) is 4.57. The van der Waals surface area contributed by atoms with E-state index in [1.54, 1.807) is 18.3 Å². The van der Waals surface area contributed by atoms with Crippen LogP contribution in [0.25, 0.3) is 10.9 Å². The van der Waals surface area contributed by atoms with Gasteiger partial charge in [-0.2, -0.15) is 0 Å². The Balaban J connectivity index is 1.87. The van der Waals surface area contributed by atoms with Crippen molar-refractivity contribution in [1.82, 2.24) is 9.97 Å². The molecule has 0 radical (unpaired) electrons. The number of hydrogen-bond donors (Lipinski definition) is 2. The van der Waals surface area contributed by atoms with Crippen LogP contribution in [0.15, 0.2) is 42.6 Å². The first kappa shape index (κ1) is 12.7. The van der Waals surface area contributed by atoms with Gasteiger partial charge in [0.1, 0.15) is 5.15 Å². The average Bonchev–Trinajstić information content (AvgIpc) is 2.80. The number of carboxylic acid groups (broad SMARTS) is 1. The van der Waals surface area contributed by atoms with Gasteiger partial charge in [-0.05, 0) is 29.8 Å². The normalized spacial score (nSPS) is 10.8. The summed E-state index contributed by atoms with van der Waals surface area (Å²) in [6.45, 7) is 0. The van der Waals surface area contributed by atoms with Crippen LogP contribution in [0.4, 0.5) is 0 Å². The maximum atomic E-state index is 10.8. The van der Waals surface area contributed by atoms with Gasteiger partial charge in [0, 0.05) is 17.5 Å². The van der Waals surface area contributed by atoms with Crippen molar-refractivity contribution in [1.29, 1.82) is 0 Å². The summed E-state index contributed by atoms with van der Waals surface area (Å²) < 4.78 is 0. The zero-order valence-corrected chi connectivity index (χ0v) is 11.2. The SMILES string of the molecule is O=C(O)c1ccc(Cc2cc3cc(Cl)ncc3[nH]2)cc1. The number of aromatic carboxylic acids is 1. The molecule has 1 aromatic carbocycles. The molecule has 0 fully saturated rings. The maximum Gasteiger partial charge on any atom is 0.335 e. The number of fused-ring (bicyclic) bond motifs is 1. The fraction of sp³-hybridized carbons (Fsp3) is 0.0667. The van der Waals surface area contributed by atoms with Crippen LogP contribution in [0.5, 0.6) is 0 Å². The van der Waals surface area contributed by atoms with Crippen LogP contribution in [0.3, 0.4) is 0 Å². The number of aromatic nitrogens is 2. The lowest BCUT2D eigenvalue weighted by Crippen LogP contribution is -1.96. The van der Waals surface area contributed by atoms with E-state index in [1.165, 1.54) is 0 Å². The van der Waals surface area contributed by atoms with E-state index >= 15 is 0 Å². The van der Waals surface area contributed by atoms with Gasteiger partial charge in [-0.1, -0.05) is 23.7 Å². The predicted octanol–water partition coefficient (Wildman–Crippen LogP) is 3.51. The number of nitrogens with one attached hydrogen (secondary N) is 1. The number of aromatic amines is 1. The van der Waals surface area contributed by atoms with Gasteiger partial charge < -0.3 is 10.1 Å². The lowest BCUT2D eigenvalue weighted by atomic mass is 10.1. The summed E-state index contributed by atoms with van der Waals surface area (Å²) in [4.78, 5) is 18.1. The summed E-state index contributed by atoms with van der Waals surface area (Å²) in [5.41, 5.74) is 3.31. The smallest absolute Gasteiger partial charge is 0.335 e. The first-order valence-corrected chi connectivity index (χ1v) is 6.45. The number of nitrogens with zero attached hydrogens (tertiary/aromatic N) is 1. The second-order valence-corrected chi connectivity index (χ2v) is 4.95. The third-order valence-corrected chi connectivity index (χ3v) is 3.33. The zero-order chi connectivity index (χ0) is 14.1. The number of rotatable bonds is 3. The average molecular weight is 287 g/mol. The van der Waals surface area contributed by atoms with Crippen molar-refractivity contribution < 1.29 is 9.90 Å². The molecule has 2 aromatic heterocycles. The molecule has 0 amide bonds. The molecule has 2 N–H and O–H groups in total. The van der Waals surface area contributed by atoms with Crippen LogP contribution < -0.4 is 0 Å². The molecule has 0 saturated heterocycles. The van der Waals surface area contributed by atoms with E-state index in [-0.39, 0.29) is 0 Å². The highest BCUT2D eigenvalue weighted by Crippen LogP contribution is 2.19. The zero-order valence-electron chi connectivity index (χ0n) is 10.4. The highest BCUT2D eigenvalue weighted by molar-refractivity contribution is 6.30. The third-order valence-electron chi connectivity index (χ3n) is 3.12. The molecular formula is C15H11ClN2O2. The van der Waals surface area contributed by atoms with Crippen molar-refractivity contribution in [3.05, 3.63) is 64.6 Å². The van der Waals surface area contributed by atoms with Gasteiger partial charge >= 0.3 is 5.97 Å². The maximum absolute atomic E-state index is 10.8. The van der Waals surface area contributed by atoms with Crippen molar-refractivity contribution >= 4 is 28.5 Å². The van der Waals surface area contributed by atoms with Crippen molar-refractivity contribution in [2.24, 2.45) is 0 Å². The third kappa shape index (κ3) is 2.51. The standard InChI is InChI=1S/C15H11ClN2O2/c16-14-7-11-6-12(18-13(11)8-17-14)5-9-1-3-10(4-2-9)15(19)20/h1-4,6-8,18H,5H2,(H,19,20). The molecule has 5 heteroatoms. The Kier molecular flexibility index (Phi) is 3.16. The molecule has 3 rings (SSSR count). The largest absolute Gasteiger partial charge is 0.478 e. The lowest BCUT2D eigenvalue weighted by Gasteiger charge is -2.00. The van der Waals surface area contributed by atoms with E-state index in [1.807, 2.05) is 24.3 Å². The Morgan fingerprint density at radius 3 is 2.70 bits per heavy atom. The number of benzene rings is 1. The Hall–Kier alpha value is -2.33. The molecule has 2 heterocycles. The molecular weight excluding hydrogens is 276 g/mol. The summed E-state index contributed by atoms with van der Waals surface area (Å²) >= 11 is 5.85. The van der Waals surface area contributed by atoms with E-state index in [0.717, 1.165) is 22.2 Å². The van der Waals surface area contributed by atoms with E-state index in [0.29, 0.717) is 17.1 Å².